The zero-order valence-corrected chi connectivity index (χ0v) is 9.44. The van der Waals surface area contributed by atoms with Crippen LogP contribution in [-0.4, -0.2) is 32.6 Å². The molecule has 0 aliphatic heterocycles. The molecular weight excluding hydrogens is 206 g/mol. The molecule has 0 saturated heterocycles. The highest BCUT2D eigenvalue weighted by Gasteiger charge is 2.23. The molecule has 1 aliphatic rings. The average molecular weight is 223 g/mol. The molecule has 0 bridgehead atoms. The van der Waals surface area contributed by atoms with Crippen molar-refractivity contribution in [2.75, 3.05) is 0 Å². The predicted octanol–water partition coefficient (Wildman–Crippen LogP) is 0.437. The van der Waals surface area contributed by atoms with Gasteiger partial charge in [-0.05, 0) is 18.8 Å². The maximum atomic E-state index is 11.7. The van der Waals surface area contributed by atoms with Crippen LogP contribution in [0, 0.1) is 5.92 Å². The van der Waals surface area contributed by atoms with Crippen molar-refractivity contribution < 1.29 is 4.79 Å². The molecule has 1 aliphatic carbocycles. The Hall–Kier alpha value is -1.46. The van der Waals surface area contributed by atoms with Crippen molar-refractivity contribution in [1.82, 2.24) is 25.9 Å². The fourth-order valence-electron chi connectivity index (χ4n) is 2.19. The van der Waals surface area contributed by atoms with Crippen LogP contribution in [0.25, 0.3) is 0 Å². The third-order valence-corrected chi connectivity index (χ3v) is 3.17. The molecule has 6 nitrogen and oxygen atoms in total. The van der Waals surface area contributed by atoms with E-state index in [1.165, 1.54) is 19.3 Å². The Morgan fingerprint density at radius 2 is 2.31 bits per heavy atom. The van der Waals surface area contributed by atoms with Gasteiger partial charge in [0.05, 0.1) is 6.42 Å². The molecule has 16 heavy (non-hydrogen) atoms. The largest absolute Gasteiger partial charge is 0.353 e. The van der Waals surface area contributed by atoms with Crippen molar-refractivity contribution >= 4 is 5.91 Å². The first kappa shape index (κ1) is 11.0. The van der Waals surface area contributed by atoms with Crippen LogP contribution >= 0.6 is 0 Å². The molecular formula is C10H17N5O. The van der Waals surface area contributed by atoms with Gasteiger partial charge in [0.15, 0.2) is 5.82 Å². The van der Waals surface area contributed by atoms with Gasteiger partial charge in [0.2, 0.25) is 5.91 Å². The Bertz CT molecular complexity index is 337. The second-order valence-corrected chi connectivity index (χ2v) is 4.44. The predicted molar refractivity (Wildman–Crippen MR) is 57.4 cm³/mol. The molecule has 1 fully saturated rings. The van der Waals surface area contributed by atoms with Gasteiger partial charge < -0.3 is 5.32 Å². The van der Waals surface area contributed by atoms with Crippen LogP contribution in [0.1, 0.15) is 38.4 Å². The second-order valence-electron chi connectivity index (χ2n) is 4.44. The van der Waals surface area contributed by atoms with Crippen molar-refractivity contribution in [3.8, 4) is 0 Å². The lowest BCUT2D eigenvalue weighted by Crippen LogP contribution is -2.41. The van der Waals surface area contributed by atoms with Crippen LogP contribution in [0.15, 0.2) is 0 Å². The van der Waals surface area contributed by atoms with E-state index in [0.717, 1.165) is 6.42 Å². The number of aromatic amines is 1. The molecule has 1 heterocycles. The SMILES string of the molecule is CC1CCCCC1NC(=O)Cc1nn[nH]n1. The highest BCUT2D eigenvalue weighted by atomic mass is 16.1. The molecule has 1 amide bonds. The standard InChI is InChI=1S/C10H17N5O/c1-7-4-2-3-5-8(7)11-10(16)6-9-12-14-15-13-9/h7-8H,2-6H2,1H3,(H,11,16)(H,12,13,14,15). The summed E-state index contributed by atoms with van der Waals surface area (Å²) in [5, 5.41) is 16.3. The van der Waals surface area contributed by atoms with Crippen molar-refractivity contribution in [3.05, 3.63) is 5.82 Å². The van der Waals surface area contributed by atoms with E-state index in [1.807, 2.05) is 0 Å². The number of rotatable bonds is 3. The number of nitrogens with one attached hydrogen (secondary N) is 2. The van der Waals surface area contributed by atoms with Crippen LogP contribution in [0.5, 0.6) is 0 Å². The smallest absolute Gasteiger partial charge is 0.228 e. The third kappa shape index (κ3) is 2.77. The molecule has 2 atom stereocenters. The monoisotopic (exact) mass is 223 g/mol. The fraction of sp³-hybridized carbons (Fsp3) is 0.800. The quantitative estimate of drug-likeness (QED) is 0.778. The van der Waals surface area contributed by atoms with Crippen molar-refractivity contribution in [1.29, 1.82) is 0 Å². The summed E-state index contributed by atoms with van der Waals surface area (Å²) in [6, 6.07) is 0.313. The number of tetrazole rings is 1. The van der Waals surface area contributed by atoms with Crippen LogP contribution in [0.3, 0.4) is 0 Å². The summed E-state index contributed by atoms with van der Waals surface area (Å²) in [5.74, 6) is 1.00. The van der Waals surface area contributed by atoms with E-state index in [0.29, 0.717) is 17.8 Å². The lowest BCUT2D eigenvalue weighted by atomic mass is 9.86. The Kier molecular flexibility index (Phi) is 3.48. The maximum Gasteiger partial charge on any atom is 0.228 e. The van der Waals surface area contributed by atoms with Gasteiger partial charge in [-0.2, -0.15) is 5.21 Å². The summed E-state index contributed by atoms with van der Waals surface area (Å²) < 4.78 is 0. The van der Waals surface area contributed by atoms with Gasteiger partial charge in [-0.25, -0.2) is 0 Å². The van der Waals surface area contributed by atoms with Crippen molar-refractivity contribution in [2.45, 2.75) is 45.1 Å². The highest BCUT2D eigenvalue weighted by molar-refractivity contribution is 5.78. The Balaban J connectivity index is 1.82. The highest BCUT2D eigenvalue weighted by Crippen LogP contribution is 2.23. The number of carbonyl (C=O) groups excluding carboxylic acids is 1. The van der Waals surface area contributed by atoms with Crippen LogP contribution in [0.2, 0.25) is 0 Å². The van der Waals surface area contributed by atoms with E-state index >= 15 is 0 Å². The molecule has 0 aromatic carbocycles. The van der Waals surface area contributed by atoms with Gasteiger partial charge in [0, 0.05) is 6.04 Å². The molecule has 2 N–H and O–H groups in total. The first-order chi connectivity index (χ1) is 7.75. The number of aromatic nitrogens is 4. The summed E-state index contributed by atoms with van der Waals surface area (Å²) in [7, 11) is 0. The Labute approximate surface area is 94.2 Å². The third-order valence-electron chi connectivity index (χ3n) is 3.17. The first-order valence-corrected chi connectivity index (χ1v) is 5.77. The maximum absolute atomic E-state index is 11.7. The van der Waals surface area contributed by atoms with E-state index in [4.69, 9.17) is 0 Å². The van der Waals surface area contributed by atoms with Crippen LogP contribution in [-0.2, 0) is 11.2 Å². The Morgan fingerprint density at radius 1 is 1.50 bits per heavy atom. The molecule has 6 heteroatoms. The van der Waals surface area contributed by atoms with Gasteiger partial charge >= 0.3 is 0 Å². The van der Waals surface area contributed by atoms with Crippen molar-refractivity contribution in [2.24, 2.45) is 5.92 Å². The normalized spacial score (nSPS) is 25.3. The number of H-pyrrole nitrogens is 1. The topological polar surface area (TPSA) is 83.6 Å². The number of hydrogen-bond acceptors (Lipinski definition) is 4. The van der Waals surface area contributed by atoms with Gasteiger partial charge in [0.25, 0.3) is 0 Å². The van der Waals surface area contributed by atoms with Gasteiger partial charge in [-0.15, -0.1) is 10.2 Å². The molecule has 1 aromatic heterocycles. The van der Waals surface area contributed by atoms with Gasteiger partial charge in [-0.3, -0.25) is 4.79 Å². The summed E-state index contributed by atoms with van der Waals surface area (Å²) in [5.41, 5.74) is 0. The van der Waals surface area contributed by atoms with E-state index in [-0.39, 0.29) is 12.3 Å². The zero-order chi connectivity index (χ0) is 11.4. The van der Waals surface area contributed by atoms with E-state index in [2.05, 4.69) is 32.9 Å². The molecule has 1 aromatic rings. The van der Waals surface area contributed by atoms with Crippen LogP contribution in [0.4, 0.5) is 0 Å². The van der Waals surface area contributed by atoms with E-state index in [1.54, 1.807) is 0 Å². The molecule has 1 saturated carbocycles. The number of nitrogens with zero attached hydrogens (tertiary/aromatic N) is 3. The zero-order valence-electron chi connectivity index (χ0n) is 9.44. The van der Waals surface area contributed by atoms with E-state index in [9.17, 15) is 4.79 Å². The summed E-state index contributed by atoms with van der Waals surface area (Å²) >= 11 is 0. The number of amides is 1. The number of hydrogen-bond donors (Lipinski definition) is 2. The summed E-state index contributed by atoms with van der Waals surface area (Å²) in [4.78, 5) is 11.7. The molecule has 0 radical (unpaired) electrons. The lowest BCUT2D eigenvalue weighted by molar-refractivity contribution is -0.121. The molecule has 2 rings (SSSR count). The number of carbonyl (C=O) groups is 1. The summed E-state index contributed by atoms with van der Waals surface area (Å²) in [6.07, 6.45) is 4.97. The van der Waals surface area contributed by atoms with Gasteiger partial charge in [0.1, 0.15) is 0 Å². The summed E-state index contributed by atoms with van der Waals surface area (Å²) in [6.45, 7) is 2.19. The molecule has 88 valence electrons. The molecule has 2 unspecified atom stereocenters. The van der Waals surface area contributed by atoms with Crippen LogP contribution < -0.4 is 5.32 Å². The second kappa shape index (κ2) is 5.05. The fourth-order valence-corrected chi connectivity index (χ4v) is 2.19. The minimum atomic E-state index is -0.0137. The first-order valence-electron chi connectivity index (χ1n) is 5.77. The lowest BCUT2D eigenvalue weighted by Gasteiger charge is -2.29. The average Bonchev–Trinajstić information content (AvgIpc) is 2.74. The molecule has 0 spiro atoms. The minimum absolute atomic E-state index is 0.0137. The Morgan fingerprint density at radius 3 is 3.00 bits per heavy atom. The van der Waals surface area contributed by atoms with Crippen molar-refractivity contribution in [3.63, 3.8) is 0 Å². The minimum Gasteiger partial charge on any atom is -0.353 e. The van der Waals surface area contributed by atoms with E-state index < -0.39 is 0 Å². The van der Waals surface area contributed by atoms with Gasteiger partial charge in [-0.1, -0.05) is 25.0 Å².